The third kappa shape index (κ3) is 420. The van der Waals surface area contributed by atoms with E-state index in [0.29, 0.717) is 0 Å². The van der Waals surface area contributed by atoms with Crippen molar-refractivity contribution in [2.75, 3.05) is 0 Å². The molecule has 0 bridgehead atoms. The van der Waals surface area contributed by atoms with E-state index in [1.54, 1.807) is 0 Å². The molecule has 0 amide bonds. The molecule has 70 valence electrons. The van der Waals surface area contributed by atoms with Crippen molar-refractivity contribution in [1.82, 2.24) is 0 Å². The van der Waals surface area contributed by atoms with Crippen LogP contribution in [0.3, 0.4) is 0 Å². The van der Waals surface area contributed by atoms with Crippen LogP contribution in [0, 0.1) is 0 Å². The summed E-state index contributed by atoms with van der Waals surface area (Å²) < 4.78 is 17.5. The summed E-state index contributed by atoms with van der Waals surface area (Å²) in [5, 5.41) is 0. The van der Waals surface area contributed by atoms with Gasteiger partial charge in [0.15, 0.2) is 0 Å². The fourth-order valence-electron chi connectivity index (χ4n) is 0. The normalized spacial score (nSPS) is 12.9. The van der Waals surface area contributed by atoms with Crippen LogP contribution in [0.1, 0.15) is 19.3 Å². The van der Waals surface area contributed by atoms with E-state index in [2.05, 4.69) is 0 Å². The van der Waals surface area contributed by atoms with E-state index in [1.807, 2.05) is 0 Å². The topological polar surface area (TPSA) is 115 Å². The van der Waals surface area contributed by atoms with Crippen molar-refractivity contribution in [3.05, 3.63) is 0 Å². The Hall–Kier alpha value is 0.300. The van der Waals surface area contributed by atoms with Gasteiger partial charge in [-0.3, -0.25) is 9.13 Å². The van der Waals surface area contributed by atoms with Crippen LogP contribution >= 0.6 is 16.5 Å². The van der Waals surface area contributed by atoms with Gasteiger partial charge in [0.05, 0.1) is 0 Å². The van der Waals surface area contributed by atoms with E-state index in [0.717, 1.165) is 0 Å². The van der Waals surface area contributed by atoms with Crippen molar-refractivity contribution in [2.45, 2.75) is 19.3 Å². The van der Waals surface area contributed by atoms with Crippen LogP contribution in [0.5, 0.6) is 0 Å². The molecule has 0 aromatic rings. The molecule has 11 heavy (non-hydrogen) atoms. The van der Waals surface area contributed by atoms with Gasteiger partial charge < -0.3 is 19.6 Å². The monoisotopic (exact) mass is 206 g/mol. The van der Waals surface area contributed by atoms with E-state index in [1.165, 1.54) is 19.3 Å². The molecule has 6 nitrogen and oxygen atoms in total. The highest BCUT2D eigenvalue weighted by Crippen LogP contribution is 2.14. The van der Waals surface area contributed by atoms with Gasteiger partial charge in [-0.1, -0.05) is 19.3 Å². The van der Waals surface area contributed by atoms with Gasteiger partial charge in [0.25, 0.3) is 0 Å². The molecule has 0 unspecified atom stereocenters. The van der Waals surface area contributed by atoms with Crippen molar-refractivity contribution in [3.63, 3.8) is 0 Å². The molecule has 4 N–H and O–H groups in total. The highest BCUT2D eigenvalue weighted by Gasteiger charge is 1.95. The summed E-state index contributed by atoms with van der Waals surface area (Å²) in [4.78, 5) is 28.6. The molecule has 0 spiro atoms. The van der Waals surface area contributed by atoms with Gasteiger partial charge in [0, 0.05) is 0 Å². The number of hydrogen-bond donors (Lipinski definition) is 4. The number of hydrogen-bond acceptors (Lipinski definition) is 2. The van der Waals surface area contributed by atoms with Gasteiger partial charge in [0.2, 0.25) is 0 Å². The lowest BCUT2D eigenvalue weighted by Gasteiger charge is -1.61. The molecule has 0 saturated heterocycles. The van der Waals surface area contributed by atoms with E-state index < -0.39 is 16.5 Å². The zero-order chi connectivity index (χ0) is 9.28. The molecule has 0 aromatic carbocycles. The van der Waals surface area contributed by atoms with Crippen molar-refractivity contribution in [3.8, 4) is 0 Å². The molecule has 1 rings (SSSR count). The molecule has 0 aromatic heterocycles. The maximum Gasteiger partial charge on any atom is 0.314 e. The van der Waals surface area contributed by atoms with Crippen LogP contribution < -0.4 is 0 Å². The Morgan fingerprint density at radius 3 is 0.818 bits per heavy atom. The third-order valence-corrected chi connectivity index (χ3v) is 0.354. The smallest absolute Gasteiger partial charge is 0.314 e. The van der Waals surface area contributed by atoms with Gasteiger partial charge in [-0.15, -0.1) is 0 Å². The lowest BCUT2D eigenvalue weighted by Crippen LogP contribution is -1.38. The first-order chi connectivity index (χ1) is 4.96. The van der Waals surface area contributed by atoms with Crippen molar-refractivity contribution >= 4 is 16.5 Å². The van der Waals surface area contributed by atoms with Crippen LogP contribution in [0.4, 0.5) is 0 Å². The lowest BCUT2D eigenvalue weighted by atomic mass is 11.0. The minimum absolute atomic E-state index is 1.50. The largest absolute Gasteiger partial charge is 0.326 e. The minimum Gasteiger partial charge on any atom is -0.326 e. The second-order valence-corrected chi connectivity index (χ2v) is 2.76. The molecule has 8 heteroatoms. The average molecular weight is 206 g/mol. The Labute approximate surface area is 65.4 Å². The SMILES string of the molecule is C1CC1.O=[PH](O)O.O=[PH](O)O. The second-order valence-electron chi connectivity index (χ2n) is 1.63. The second kappa shape index (κ2) is 10.3. The maximum absolute atomic E-state index is 8.74. The molecule has 1 fully saturated rings. The Morgan fingerprint density at radius 2 is 0.818 bits per heavy atom. The fourth-order valence-corrected chi connectivity index (χ4v) is 0. The van der Waals surface area contributed by atoms with Gasteiger partial charge in [-0.2, -0.15) is 0 Å². The predicted octanol–water partition coefficient (Wildman–Crippen LogP) is -0.108. The van der Waals surface area contributed by atoms with Gasteiger partial charge in [0.1, 0.15) is 0 Å². The first-order valence-corrected chi connectivity index (χ1v) is 5.41. The van der Waals surface area contributed by atoms with E-state index in [-0.39, 0.29) is 0 Å². The van der Waals surface area contributed by atoms with Crippen molar-refractivity contribution in [1.29, 1.82) is 0 Å². The standard InChI is InChI=1S/C3H6.2H3O3P/c1-2-3-1;2*1-4(2)3/h1-3H2;2*4H,(H2,1,2,3). The predicted molar refractivity (Wildman–Crippen MR) is 40.7 cm³/mol. The van der Waals surface area contributed by atoms with E-state index in [9.17, 15) is 0 Å². The van der Waals surface area contributed by atoms with Crippen LogP contribution in [-0.2, 0) is 9.13 Å². The molecular weight excluding hydrogens is 194 g/mol. The Bertz CT molecular complexity index is 100. The van der Waals surface area contributed by atoms with Crippen molar-refractivity contribution in [2.24, 2.45) is 0 Å². The highest BCUT2D eigenvalue weighted by molar-refractivity contribution is 7.31. The minimum atomic E-state index is -3.13. The van der Waals surface area contributed by atoms with Gasteiger partial charge in [-0.05, 0) is 0 Å². The summed E-state index contributed by atoms with van der Waals surface area (Å²) in [6, 6.07) is 0. The first-order valence-electron chi connectivity index (χ1n) is 2.80. The van der Waals surface area contributed by atoms with E-state index >= 15 is 0 Å². The molecule has 0 heterocycles. The summed E-state index contributed by atoms with van der Waals surface area (Å²) in [6.07, 6.45) is 4.50. The summed E-state index contributed by atoms with van der Waals surface area (Å²) in [7, 11) is -6.26. The lowest BCUT2D eigenvalue weighted by molar-refractivity contribution is 0.403. The number of rotatable bonds is 0. The zero-order valence-electron chi connectivity index (χ0n) is 5.73. The summed E-state index contributed by atoms with van der Waals surface area (Å²) in [5.74, 6) is 0. The highest BCUT2D eigenvalue weighted by atomic mass is 31.1. The summed E-state index contributed by atoms with van der Waals surface area (Å²) >= 11 is 0. The van der Waals surface area contributed by atoms with Crippen molar-refractivity contribution < 1.29 is 28.7 Å². The average Bonchev–Trinajstić information content (AvgIpc) is 2.36. The molecule has 0 aliphatic heterocycles. The Morgan fingerprint density at radius 1 is 0.727 bits per heavy atom. The maximum atomic E-state index is 8.74. The first kappa shape index (κ1) is 13.9. The van der Waals surface area contributed by atoms with Crippen LogP contribution in [0.15, 0.2) is 0 Å². The van der Waals surface area contributed by atoms with Crippen LogP contribution in [0.25, 0.3) is 0 Å². The molecule has 1 aliphatic rings. The Balaban J connectivity index is 0. The van der Waals surface area contributed by atoms with Gasteiger partial charge >= 0.3 is 16.5 Å². The molecule has 1 aliphatic carbocycles. The van der Waals surface area contributed by atoms with Crippen LogP contribution in [-0.4, -0.2) is 19.6 Å². The fraction of sp³-hybridized carbons (Fsp3) is 1.00. The quantitative estimate of drug-likeness (QED) is 0.411. The molecule has 0 atom stereocenters. The van der Waals surface area contributed by atoms with Crippen LogP contribution in [0.2, 0.25) is 0 Å². The van der Waals surface area contributed by atoms with Gasteiger partial charge in [-0.25, -0.2) is 0 Å². The molecule has 1 saturated carbocycles. The third-order valence-electron chi connectivity index (χ3n) is 0.354. The molecular formula is C3H12O6P2. The summed E-state index contributed by atoms with van der Waals surface area (Å²) in [6.45, 7) is 0. The summed E-state index contributed by atoms with van der Waals surface area (Å²) in [5.41, 5.74) is 0. The Kier molecular flexibility index (Phi) is 13.0. The molecule has 0 radical (unpaired) electrons. The zero-order valence-corrected chi connectivity index (χ0v) is 7.73. The van der Waals surface area contributed by atoms with E-state index in [4.69, 9.17) is 28.7 Å².